The Hall–Kier alpha value is -1.63. The van der Waals surface area contributed by atoms with Crippen LogP contribution in [-0.4, -0.2) is 47.5 Å². The molecule has 2 atom stereocenters. The smallest absolute Gasteiger partial charge is 0.244 e. The average Bonchev–Trinajstić information content (AvgIpc) is 2.73. The lowest BCUT2D eigenvalue weighted by Crippen LogP contribution is -2.50. The Morgan fingerprint density at radius 3 is 2.28 bits per heavy atom. The average molecular weight is 410 g/mol. The van der Waals surface area contributed by atoms with Crippen LogP contribution in [0.1, 0.15) is 89.9 Å². The Balaban J connectivity index is 2.12. The Labute approximate surface area is 174 Å². The van der Waals surface area contributed by atoms with Crippen LogP contribution >= 0.6 is 0 Å². The molecule has 0 aromatic rings. The summed E-state index contributed by atoms with van der Waals surface area (Å²) >= 11 is 0. The number of likely N-dealkylation sites (N-methyl/N-ethyl adjacent to an activating group) is 1. The van der Waals surface area contributed by atoms with E-state index < -0.39 is 17.9 Å². The Morgan fingerprint density at radius 2 is 1.59 bits per heavy atom. The third-order valence-corrected chi connectivity index (χ3v) is 6.51. The van der Waals surface area contributed by atoms with Gasteiger partial charge in [-0.25, -0.2) is 5.48 Å². The molecular formula is C22H39N3O4. The van der Waals surface area contributed by atoms with Crippen molar-refractivity contribution in [3.63, 3.8) is 0 Å². The highest BCUT2D eigenvalue weighted by atomic mass is 16.5. The first-order valence-electron chi connectivity index (χ1n) is 11.5. The number of hydrogen-bond donors (Lipinski definition) is 3. The Kier molecular flexibility index (Phi) is 10.5. The van der Waals surface area contributed by atoms with Crippen LogP contribution in [0.15, 0.2) is 0 Å². The molecule has 0 spiro atoms. The third kappa shape index (κ3) is 8.33. The maximum absolute atomic E-state index is 13.1. The fourth-order valence-electron chi connectivity index (χ4n) is 4.69. The summed E-state index contributed by atoms with van der Waals surface area (Å²) in [6.45, 7) is 0.715. The second-order valence-electron chi connectivity index (χ2n) is 8.91. The Morgan fingerprint density at radius 1 is 1.00 bits per heavy atom. The van der Waals surface area contributed by atoms with E-state index in [1.807, 2.05) is 7.05 Å². The van der Waals surface area contributed by atoms with Gasteiger partial charge in [0.15, 0.2) is 0 Å². The molecule has 2 aliphatic rings. The van der Waals surface area contributed by atoms with E-state index in [-0.39, 0.29) is 18.2 Å². The number of rotatable bonds is 4. The molecular weight excluding hydrogens is 370 g/mol. The SMILES string of the molecule is CN1CCCCCCCCC(CC(=O)NO)C(=O)NC(CC2CCCCC2)C1=O. The van der Waals surface area contributed by atoms with Crippen molar-refractivity contribution < 1.29 is 19.6 Å². The van der Waals surface area contributed by atoms with E-state index in [9.17, 15) is 14.4 Å². The van der Waals surface area contributed by atoms with Crippen molar-refractivity contribution in [2.24, 2.45) is 11.8 Å². The van der Waals surface area contributed by atoms with E-state index in [2.05, 4.69) is 5.32 Å². The highest BCUT2D eigenvalue weighted by Gasteiger charge is 2.31. The summed E-state index contributed by atoms with van der Waals surface area (Å²) in [6.07, 6.45) is 13.3. The normalized spacial score (nSPS) is 26.5. The number of hydrogen-bond acceptors (Lipinski definition) is 4. The lowest BCUT2D eigenvalue weighted by molar-refractivity contribution is -0.139. The van der Waals surface area contributed by atoms with Gasteiger partial charge >= 0.3 is 0 Å². The summed E-state index contributed by atoms with van der Waals surface area (Å²) in [5.41, 5.74) is 1.64. The van der Waals surface area contributed by atoms with Crippen molar-refractivity contribution in [1.82, 2.24) is 15.7 Å². The minimum atomic E-state index is -0.557. The highest BCUT2D eigenvalue weighted by Crippen LogP contribution is 2.28. The standard InChI is InChI=1S/C22H39N3O4/c1-25-14-10-5-3-2-4-9-13-18(16-20(26)24-29)21(27)23-19(22(25)28)15-17-11-7-6-8-12-17/h17-19,29H,2-16H2,1H3,(H,23,27)(H,24,26). The van der Waals surface area contributed by atoms with E-state index in [1.165, 1.54) is 19.3 Å². The van der Waals surface area contributed by atoms with Crippen molar-refractivity contribution in [2.45, 2.75) is 95.9 Å². The molecule has 7 nitrogen and oxygen atoms in total. The first-order chi connectivity index (χ1) is 14.0. The van der Waals surface area contributed by atoms with Gasteiger partial charge in [-0.05, 0) is 25.2 Å². The van der Waals surface area contributed by atoms with Crippen molar-refractivity contribution in [3.05, 3.63) is 0 Å². The predicted molar refractivity (Wildman–Crippen MR) is 111 cm³/mol. The molecule has 7 heteroatoms. The molecule has 29 heavy (non-hydrogen) atoms. The molecule has 3 amide bonds. The number of nitrogens with one attached hydrogen (secondary N) is 2. The quantitative estimate of drug-likeness (QED) is 0.491. The second kappa shape index (κ2) is 12.8. The molecule has 0 radical (unpaired) electrons. The minimum Gasteiger partial charge on any atom is -0.344 e. The number of amides is 3. The predicted octanol–water partition coefficient (Wildman–Crippen LogP) is 3.16. The van der Waals surface area contributed by atoms with E-state index >= 15 is 0 Å². The zero-order chi connectivity index (χ0) is 21.1. The van der Waals surface area contributed by atoms with Gasteiger partial charge in [0, 0.05) is 25.9 Å². The van der Waals surface area contributed by atoms with Gasteiger partial charge in [-0.3, -0.25) is 19.6 Å². The third-order valence-electron chi connectivity index (χ3n) is 6.51. The molecule has 1 heterocycles. The first-order valence-corrected chi connectivity index (χ1v) is 11.5. The maximum Gasteiger partial charge on any atom is 0.244 e. The topological polar surface area (TPSA) is 98.7 Å². The fourth-order valence-corrected chi connectivity index (χ4v) is 4.69. The van der Waals surface area contributed by atoms with Crippen molar-refractivity contribution in [2.75, 3.05) is 13.6 Å². The zero-order valence-corrected chi connectivity index (χ0v) is 18.0. The lowest BCUT2D eigenvalue weighted by Gasteiger charge is -2.30. The maximum atomic E-state index is 13.1. The fraction of sp³-hybridized carbons (Fsp3) is 0.864. The van der Waals surface area contributed by atoms with Gasteiger partial charge in [0.25, 0.3) is 0 Å². The van der Waals surface area contributed by atoms with Gasteiger partial charge in [0.1, 0.15) is 6.04 Å². The molecule has 1 aliphatic heterocycles. The van der Waals surface area contributed by atoms with Crippen LogP contribution < -0.4 is 10.8 Å². The molecule has 0 aromatic carbocycles. The van der Waals surface area contributed by atoms with Crippen molar-refractivity contribution >= 4 is 17.7 Å². The summed E-state index contributed by atoms with van der Waals surface area (Å²) in [4.78, 5) is 39.6. The summed E-state index contributed by atoms with van der Waals surface area (Å²) < 4.78 is 0. The zero-order valence-electron chi connectivity index (χ0n) is 18.0. The van der Waals surface area contributed by atoms with Crippen LogP contribution in [-0.2, 0) is 14.4 Å². The van der Waals surface area contributed by atoms with Crippen LogP contribution in [0, 0.1) is 11.8 Å². The van der Waals surface area contributed by atoms with Crippen molar-refractivity contribution in [1.29, 1.82) is 0 Å². The molecule has 3 N–H and O–H groups in total. The largest absolute Gasteiger partial charge is 0.344 e. The van der Waals surface area contributed by atoms with E-state index in [1.54, 1.807) is 10.4 Å². The van der Waals surface area contributed by atoms with E-state index in [4.69, 9.17) is 5.21 Å². The molecule has 2 fully saturated rings. The monoisotopic (exact) mass is 409 g/mol. The molecule has 2 unspecified atom stereocenters. The van der Waals surface area contributed by atoms with Crippen LogP contribution in [0.25, 0.3) is 0 Å². The molecule has 166 valence electrons. The Bertz CT molecular complexity index is 534. The molecule has 0 aromatic heterocycles. The lowest BCUT2D eigenvalue weighted by atomic mass is 9.84. The second-order valence-corrected chi connectivity index (χ2v) is 8.91. The number of hydroxylamine groups is 1. The summed E-state index contributed by atoms with van der Waals surface area (Å²) in [7, 11) is 1.82. The molecule has 1 saturated carbocycles. The van der Waals surface area contributed by atoms with Gasteiger partial charge in [-0.1, -0.05) is 64.2 Å². The van der Waals surface area contributed by atoms with Crippen LogP contribution in [0.4, 0.5) is 0 Å². The number of nitrogens with zero attached hydrogens (tertiary/aromatic N) is 1. The van der Waals surface area contributed by atoms with Gasteiger partial charge in [-0.15, -0.1) is 0 Å². The minimum absolute atomic E-state index is 0.0219. The van der Waals surface area contributed by atoms with E-state index in [0.717, 1.165) is 51.4 Å². The van der Waals surface area contributed by atoms with Gasteiger partial charge in [0.05, 0.1) is 0 Å². The van der Waals surface area contributed by atoms with Crippen molar-refractivity contribution in [3.8, 4) is 0 Å². The van der Waals surface area contributed by atoms with Crippen LogP contribution in [0.3, 0.4) is 0 Å². The summed E-state index contributed by atoms with van der Waals surface area (Å²) in [5, 5.41) is 11.9. The van der Waals surface area contributed by atoms with Gasteiger partial charge in [0.2, 0.25) is 17.7 Å². The summed E-state index contributed by atoms with van der Waals surface area (Å²) in [5.74, 6) is -0.875. The first kappa shape index (κ1) is 23.6. The van der Waals surface area contributed by atoms with Crippen LogP contribution in [0.2, 0.25) is 0 Å². The van der Waals surface area contributed by atoms with Gasteiger partial charge < -0.3 is 10.2 Å². The number of carbonyl (C=O) groups excluding carboxylic acids is 3. The van der Waals surface area contributed by atoms with E-state index in [0.29, 0.717) is 25.3 Å². The molecule has 1 aliphatic carbocycles. The van der Waals surface area contributed by atoms with Gasteiger partial charge in [-0.2, -0.15) is 0 Å². The number of carbonyl (C=O) groups is 3. The van der Waals surface area contributed by atoms with Crippen LogP contribution in [0.5, 0.6) is 0 Å². The molecule has 2 rings (SSSR count). The summed E-state index contributed by atoms with van der Waals surface area (Å²) in [6, 6.07) is -0.529. The molecule has 1 saturated heterocycles. The highest BCUT2D eigenvalue weighted by molar-refractivity contribution is 5.90. The molecule has 0 bridgehead atoms.